The van der Waals surface area contributed by atoms with E-state index in [2.05, 4.69) is 10.3 Å². The van der Waals surface area contributed by atoms with E-state index < -0.39 is 17.7 Å². The van der Waals surface area contributed by atoms with Crippen molar-refractivity contribution in [2.75, 3.05) is 30.3 Å². The van der Waals surface area contributed by atoms with Crippen LogP contribution in [-0.4, -0.2) is 53.0 Å². The second-order valence-electron chi connectivity index (χ2n) is 9.45. The maximum atomic E-state index is 14.0. The Labute approximate surface area is 199 Å². The highest BCUT2D eigenvalue weighted by Gasteiger charge is 2.30. The van der Waals surface area contributed by atoms with Crippen LogP contribution in [0.15, 0.2) is 18.2 Å². The molecular formula is C24H34FN5O4. The number of alkyl carbamates (subject to hydrolysis) is 1. The average molecular weight is 476 g/mol. The first-order chi connectivity index (χ1) is 16.0. The molecule has 0 unspecified atom stereocenters. The number of ether oxygens (including phenoxy) is 2. The van der Waals surface area contributed by atoms with Crippen molar-refractivity contribution in [2.24, 2.45) is 0 Å². The zero-order valence-electron chi connectivity index (χ0n) is 20.5. The summed E-state index contributed by atoms with van der Waals surface area (Å²) in [4.78, 5) is 31.5. The molecule has 0 bridgehead atoms. The van der Waals surface area contributed by atoms with Crippen LogP contribution >= 0.6 is 0 Å². The number of anilines is 2. The summed E-state index contributed by atoms with van der Waals surface area (Å²) in [5, 5.41) is 2.91. The van der Waals surface area contributed by atoms with E-state index in [1.54, 1.807) is 17.6 Å². The summed E-state index contributed by atoms with van der Waals surface area (Å²) in [5.41, 5.74) is 7.27. The Morgan fingerprint density at radius 1 is 1.32 bits per heavy atom. The van der Waals surface area contributed by atoms with Crippen molar-refractivity contribution in [3.8, 4) is 0 Å². The maximum absolute atomic E-state index is 14.0. The van der Waals surface area contributed by atoms with Gasteiger partial charge >= 0.3 is 12.1 Å². The van der Waals surface area contributed by atoms with Crippen molar-refractivity contribution in [1.29, 1.82) is 0 Å². The van der Waals surface area contributed by atoms with E-state index in [4.69, 9.17) is 15.2 Å². The lowest BCUT2D eigenvalue weighted by atomic mass is 10.1. The van der Waals surface area contributed by atoms with Crippen molar-refractivity contribution in [3.63, 3.8) is 0 Å². The Kier molecular flexibility index (Phi) is 7.68. The third kappa shape index (κ3) is 6.18. The van der Waals surface area contributed by atoms with Crippen molar-refractivity contribution >= 4 is 23.8 Å². The van der Waals surface area contributed by atoms with E-state index in [0.717, 1.165) is 18.4 Å². The fourth-order valence-corrected chi connectivity index (χ4v) is 4.00. The number of hydrogen-bond donors (Lipinski definition) is 2. The number of nitrogen functional groups attached to an aromatic ring is 1. The molecule has 186 valence electrons. The SMILES string of the molecule is CCOC(=O)c1c(N)nc(N2CCC[C@@H](NC(=O)OC(C)(C)C)C2)n1Cc1cc(F)ccc1C. The van der Waals surface area contributed by atoms with Gasteiger partial charge in [-0.15, -0.1) is 0 Å². The minimum Gasteiger partial charge on any atom is -0.461 e. The van der Waals surface area contributed by atoms with Crippen molar-refractivity contribution in [3.05, 3.63) is 40.8 Å². The number of carbonyl (C=O) groups is 2. The molecule has 1 amide bonds. The number of nitrogens with zero attached hydrogens (tertiary/aromatic N) is 3. The van der Waals surface area contributed by atoms with Gasteiger partial charge in [0.2, 0.25) is 5.95 Å². The van der Waals surface area contributed by atoms with E-state index in [0.29, 0.717) is 24.6 Å². The van der Waals surface area contributed by atoms with E-state index >= 15 is 0 Å². The first kappa shape index (κ1) is 25.3. The topological polar surface area (TPSA) is 112 Å². The van der Waals surface area contributed by atoms with Gasteiger partial charge in [-0.25, -0.2) is 14.0 Å². The quantitative estimate of drug-likeness (QED) is 0.614. The number of nitrogens with two attached hydrogens (primary N) is 1. The molecule has 1 aliphatic rings. The highest BCUT2D eigenvalue weighted by atomic mass is 19.1. The van der Waals surface area contributed by atoms with Crippen molar-refractivity contribution in [2.45, 2.75) is 65.6 Å². The van der Waals surface area contributed by atoms with Gasteiger partial charge in [0.25, 0.3) is 0 Å². The molecule has 10 heteroatoms. The molecule has 2 heterocycles. The molecular weight excluding hydrogens is 441 g/mol. The molecule has 1 atom stereocenters. The molecule has 1 aromatic heterocycles. The number of aryl methyl sites for hydroxylation is 1. The van der Waals surface area contributed by atoms with Gasteiger partial charge in [-0.2, -0.15) is 4.98 Å². The zero-order valence-corrected chi connectivity index (χ0v) is 20.5. The number of hydrogen-bond acceptors (Lipinski definition) is 7. The summed E-state index contributed by atoms with van der Waals surface area (Å²) in [5.74, 6) is -0.439. The molecule has 0 aliphatic carbocycles. The van der Waals surface area contributed by atoms with E-state index in [-0.39, 0.29) is 36.5 Å². The normalized spacial score (nSPS) is 16.3. The predicted octanol–water partition coefficient (Wildman–Crippen LogP) is 3.63. The zero-order chi connectivity index (χ0) is 25.0. The fourth-order valence-electron chi connectivity index (χ4n) is 4.00. The molecule has 0 radical (unpaired) electrons. The third-order valence-electron chi connectivity index (χ3n) is 5.51. The lowest BCUT2D eigenvalue weighted by Gasteiger charge is -2.34. The largest absolute Gasteiger partial charge is 0.461 e. The van der Waals surface area contributed by atoms with Gasteiger partial charge in [-0.1, -0.05) is 6.07 Å². The summed E-state index contributed by atoms with van der Waals surface area (Å²) in [7, 11) is 0. The number of halogens is 1. The van der Waals surface area contributed by atoms with Gasteiger partial charge in [0.15, 0.2) is 11.5 Å². The number of aromatic nitrogens is 2. The number of benzene rings is 1. The van der Waals surface area contributed by atoms with Crippen LogP contribution in [0.25, 0.3) is 0 Å². The second kappa shape index (κ2) is 10.3. The predicted molar refractivity (Wildman–Crippen MR) is 127 cm³/mol. The summed E-state index contributed by atoms with van der Waals surface area (Å²) >= 11 is 0. The lowest BCUT2D eigenvalue weighted by Crippen LogP contribution is -2.49. The number of amides is 1. The van der Waals surface area contributed by atoms with Gasteiger partial charge in [0, 0.05) is 19.1 Å². The van der Waals surface area contributed by atoms with Crippen molar-refractivity contribution < 1.29 is 23.5 Å². The number of esters is 1. The monoisotopic (exact) mass is 475 g/mol. The minimum absolute atomic E-state index is 0.0460. The third-order valence-corrected chi connectivity index (χ3v) is 5.51. The molecule has 1 aliphatic heterocycles. The van der Waals surface area contributed by atoms with Crippen LogP contribution < -0.4 is 16.0 Å². The molecule has 1 saturated heterocycles. The molecule has 1 aromatic carbocycles. The van der Waals surface area contributed by atoms with Crippen LogP contribution in [0.3, 0.4) is 0 Å². The van der Waals surface area contributed by atoms with Gasteiger partial charge in [-0.3, -0.25) is 4.57 Å². The van der Waals surface area contributed by atoms with E-state index in [9.17, 15) is 14.0 Å². The molecule has 3 rings (SSSR count). The van der Waals surface area contributed by atoms with Gasteiger partial charge in [-0.05, 0) is 70.7 Å². The molecule has 2 aromatic rings. The molecule has 1 fully saturated rings. The van der Waals surface area contributed by atoms with Crippen LogP contribution in [0.1, 0.15) is 62.2 Å². The molecule has 3 N–H and O–H groups in total. The number of imidazole rings is 1. The first-order valence-electron chi connectivity index (χ1n) is 11.5. The van der Waals surface area contributed by atoms with Crippen LogP contribution in [0, 0.1) is 12.7 Å². The molecule has 0 saturated carbocycles. The van der Waals surface area contributed by atoms with Crippen LogP contribution in [0.4, 0.5) is 21.0 Å². The molecule has 34 heavy (non-hydrogen) atoms. The van der Waals surface area contributed by atoms with E-state index in [1.807, 2.05) is 32.6 Å². The standard InChI is InChI=1S/C24H34FN5O4/c1-6-33-21(31)19-20(26)28-22(30(19)13-16-12-17(25)10-9-15(16)2)29-11-7-8-18(14-29)27-23(32)34-24(3,4)5/h9-10,12,18H,6-8,11,13-14,26H2,1-5H3,(H,27,32)/t18-/m1/s1. The Bertz CT molecular complexity index is 1050. The summed E-state index contributed by atoms with van der Waals surface area (Å²) in [6.45, 7) is 10.5. The number of piperidine rings is 1. The van der Waals surface area contributed by atoms with Crippen LogP contribution in [0.2, 0.25) is 0 Å². The Morgan fingerprint density at radius 3 is 2.74 bits per heavy atom. The van der Waals surface area contributed by atoms with Gasteiger partial charge in [0.1, 0.15) is 11.4 Å². The summed E-state index contributed by atoms with van der Waals surface area (Å²) in [6.07, 6.45) is 1.09. The Balaban J connectivity index is 1.92. The Hall–Kier alpha value is -3.30. The highest BCUT2D eigenvalue weighted by Crippen LogP contribution is 2.27. The molecule has 0 spiro atoms. The summed E-state index contributed by atoms with van der Waals surface area (Å²) in [6, 6.07) is 4.35. The average Bonchev–Trinajstić information content (AvgIpc) is 3.05. The maximum Gasteiger partial charge on any atom is 0.407 e. The highest BCUT2D eigenvalue weighted by molar-refractivity contribution is 5.93. The Morgan fingerprint density at radius 2 is 2.06 bits per heavy atom. The van der Waals surface area contributed by atoms with Gasteiger partial charge in [0.05, 0.1) is 13.2 Å². The van der Waals surface area contributed by atoms with Gasteiger partial charge < -0.3 is 25.4 Å². The van der Waals surface area contributed by atoms with E-state index in [1.165, 1.54) is 12.1 Å². The van der Waals surface area contributed by atoms with Crippen LogP contribution in [-0.2, 0) is 16.0 Å². The fraction of sp³-hybridized carbons (Fsp3) is 0.542. The lowest BCUT2D eigenvalue weighted by molar-refractivity contribution is 0.0495. The number of rotatable bonds is 6. The first-order valence-corrected chi connectivity index (χ1v) is 11.5. The minimum atomic E-state index is -0.597. The number of carbonyl (C=O) groups excluding carboxylic acids is 2. The molecule has 9 nitrogen and oxygen atoms in total. The van der Waals surface area contributed by atoms with Crippen LogP contribution in [0.5, 0.6) is 0 Å². The number of nitrogens with one attached hydrogen (secondary N) is 1. The van der Waals surface area contributed by atoms with Crippen molar-refractivity contribution in [1.82, 2.24) is 14.9 Å². The summed E-state index contributed by atoms with van der Waals surface area (Å²) < 4.78 is 26.2. The second-order valence-corrected chi connectivity index (χ2v) is 9.45. The smallest absolute Gasteiger partial charge is 0.407 e.